The van der Waals surface area contributed by atoms with E-state index in [1.54, 1.807) is 13.8 Å². The van der Waals surface area contributed by atoms with Crippen LogP contribution in [0.25, 0.3) is 0 Å². The highest BCUT2D eigenvalue weighted by Crippen LogP contribution is 2.24. The number of carbonyl (C=O) groups is 1. The Morgan fingerprint density at radius 2 is 1.71 bits per heavy atom. The number of benzene rings is 1. The van der Waals surface area contributed by atoms with E-state index in [1.165, 1.54) is 19.1 Å². The highest BCUT2D eigenvalue weighted by atomic mass is 32.2. The van der Waals surface area contributed by atoms with Crippen LogP contribution in [0.2, 0.25) is 0 Å². The fourth-order valence-electron chi connectivity index (χ4n) is 1.55. The summed E-state index contributed by atoms with van der Waals surface area (Å²) in [4.78, 5) is 11.8. The fraction of sp³-hybridized carbons (Fsp3) is 0.417. The van der Waals surface area contributed by atoms with Crippen molar-refractivity contribution in [1.82, 2.24) is 0 Å². The number of nitrogens with two attached hydrogens (primary N) is 1. The topological polar surface area (TPSA) is 123 Å². The van der Waals surface area contributed by atoms with Gasteiger partial charge in [-0.25, -0.2) is 22.0 Å². The first-order valence-corrected chi connectivity index (χ1v) is 9.48. The van der Waals surface area contributed by atoms with Crippen molar-refractivity contribution >= 4 is 31.5 Å². The van der Waals surface area contributed by atoms with E-state index in [4.69, 9.17) is 5.14 Å². The second-order valence-corrected chi connectivity index (χ2v) is 8.85. The first-order chi connectivity index (χ1) is 9.34. The highest BCUT2D eigenvalue weighted by Gasteiger charge is 2.24. The lowest BCUT2D eigenvalue weighted by Crippen LogP contribution is -2.32. The average molecular weight is 334 g/mol. The Labute approximate surface area is 124 Å². The maximum absolute atomic E-state index is 11.9. The first-order valence-electron chi connectivity index (χ1n) is 5.98. The number of hydrogen-bond donors (Lipinski definition) is 2. The van der Waals surface area contributed by atoms with Crippen molar-refractivity contribution in [1.29, 1.82) is 0 Å². The van der Waals surface area contributed by atoms with E-state index in [1.807, 2.05) is 0 Å². The van der Waals surface area contributed by atoms with E-state index in [0.717, 1.165) is 6.26 Å². The van der Waals surface area contributed by atoms with E-state index in [9.17, 15) is 21.6 Å². The summed E-state index contributed by atoms with van der Waals surface area (Å²) < 4.78 is 45.5. The Bertz CT molecular complexity index is 782. The van der Waals surface area contributed by atoms with E-state index in [0.29, 0.717) is 11.1 Å². The van der Waals surface area contributed by atoms with Crippen LogP contribution in [0.4, 0.5) is 5.69 Å². The summed E-state index contributed by atoms with van der Waals surface area (Å²) in [6, 6.07) is 2.60. The van der Waals surface area contributed by atoms with Crippen molar-refractivity contribution in [2.45, 2.75) is 30.9 Å². The molecule has 1 aromatic rings. The molecule has 0 saturated carbocycles. The summed E-state index contributed by atoms with van der Waals surface area (Å²) in [5.41, 5.74) is 1.47. The third-order valence-corrected chi connectivity index (χ3v) is 5.63. The molecule has 1 atom stereocenters. The Morgan fingerprint density at radius 3 is 2.14 bits per heavy atom. The molecule has 0 saturated heterocycles. The first kappa shape index (κ1) is 17.6. The molecule has 1 amide bonds. The molecule has 1 rings (SSSR count). The zero-order chi connectivity index (χ0) is 16.6. The van der Waals surface area contributed by atoms with Gasteiger partial charge in [0.2, 0.25) is 15.9 Å². The standard InChI is InChI=1S/C12H18N2O5S2/c1-7-5-10(21(13,18)19)6-11(8(7)2)14-12(15)9(3)20(4,16)17/h5-6,9H,1-4H3,(H,14,15)(H2,13,18,19). The third kappa shape index (κ3) is 4.26. The van der Waals surface area contributed by atoms with Crippen LogP contribution < -0.4 is 10.5 Å². The van der Waals surface area contributed by atoms with Gasteiger partial charge in [0.25, 0.3) is 0 Å². The van der Waals surface area contributed by atoms with Crippen molar-refractivity contribution in [2.75, 3.05) is 11.6 Å². The lowest BCUT2D eigenvalue weighted by Gasteiger charge is -2.15. The summed E-state index contributed by atoms with van der Waals surface area (Å²) in [5, 5.41) is 6.26. The normalized spacial score (nSPS) is 13.8. The van der Waals surface area contributed by atoms with E-state index >= 15 is 0 Å². The van der Waals surface area contributed by atoms with Gasteiger partial charge in [0.05, 0.1) is 4.90 Å². The molecule has 0 aliphatic heterocycles. The molecular weight excluding hydrogens is 316 g/mol. The molecule has 7 nitrogen and oxygen atoms in total. The van der Waals surface area contributed by atoms with Gasteiger partial charge in [0.15, 0.2) is 9.84 Å². The van der Waals surface area contributed by atoms with Gasteiger partial charge in [-0.2, -0.15) is 0 Å². The smallest absolute Gasteiger partial charge is 0.242 e. The molecule has 0 aromatic heterocycles. The lowest BCUT2D eigenvalue weighted by molar-refractivity contribution is -0.115. The minimum Gasteiger partial charge on any atom is -0.325 e. The molecule has 0 heterocycles. The zero-order valence-corrected chi connectivity index (χ0v) is 13.8. The van der Waals surface area contributed by atoms with Crippen molar-refractivity contribution in [2.24, 2.45) is 5.14 Å². The summed E-state index contributed by atoms with van der Waals surface area (Å²) in [6.07, 6.45) is 0.954. The molecule has 0 fully saturated rings. The van der Waals surface area contributed by atoms with Gasteiger partial charge in [-0.3, -0.25) is 4.79 Å². The summed E-state index contributed by atoms with van der Waals surface area (Å²) in [6.45, 7) is 4.61. The number of amides is 1. The van der Waals surface area contributed by atoms with Crippen LogP contribution in [0, 0.1) is 13.8 Å². The maximum Gasteiger partial charge on any atom is 0.242 e. The second kappa shape index (κ2) is 5.74. The number of sulfone groups is 1. The van der Waals surface area contributed by atoms with Crippen LogP contribution in [0.1, 0.15) is 18.1 Å². The quantitative estimate of drug-likeness (QED) is 0.821. The lowest BCUT2D eigenvalue weighted by atomic mass is 10.1. The second-order valence-electron chi connectivity index (χ2n) is 4.92. The van der Waals surface area contributed by atoms with Crippen LogP contribution in [-0.4, -0.2) is 34.2 Å². The van der Waals surface area contributed by atoms with Crippen LogP contribution in [0.15, 0.2) is 17.0 Å². The minimum atomic E-state index is -3.92. The van der Waals surface area contributed by atoms with Gasteiger partial charge in [0.1, 0.15) is 5.25 Å². The highest BCUT2D eigenvalue weighted by molar-refractivity contribution is 7.92. The van der Waals surface area contributed by atoms with Gasteiger partial charge in [-0.1, -0.05) is 0 Å². The SMILES string of the molecule is Cc1cc(S(N)(=O)=O)cc(NC(=O)C(C)S(C)(=O)=O)c1C. The molecule has 1 unspecified atom stereocenters. The number of primary sulfonamides is 1. The molecule has 0 aliphatic carbocycles. The summed E-state index contributed by atoms with van der Waals surface area (Å²) in [7, 11) is -7.46. The zero-order valence-electron chi connectivity index (χ0n) is 12.2. The monoisotopic (exact) mass is 334 g/mol. The Kier molecular flexibility index (Phi) is 4.81. The summed E-state index contributed by atoms with van der Waals surface area (Å²) >= 11 is 0. The molecule has 118 valence electrons. The minimum absolute atomic E-state index is 0.145. The van der Waals surface area contributed by atoms with Gasteiger partial charge in [-0.15, -0.1) is 0 Å². The molecule has 1 aromatic carbocycles. The molecule has 0 radical (unpaired) electrons. The van der Waals surface area contributed by atoms with Gasteiger partial charge < -0.3 is 5.32 Å². The van der Waals surface area contributed by atoms with Crippen molar-refractivity contribution in [3.63, 3.8) is 0 Å². The van der Waals surface area contributed by atoms with Gasteiger partial charge in [0, 0.05) is 11.9 Å². The third-order valence-electron chi connectivity index (χ3n) is 3.24. The number of sulfonamides is 1. The molecule has 0 spiro atoms. The summed E-state index contributed by atoms with van der Waals surface area (Å²) in [5.74, 6) is -0.730. The van der Waals surface area contributed by atoms with E-state index < -0.39 is 31.0 Å². The molecule has 21 heavy (non-hydrogen) atoms. The maximum atomic E-state index is 11.9. The van der Waals surface area contributed by atoms with Gasteiger partial charge in [-0.05, 0) is 44.0 Å². The van der Waals surface area contributed by atoms with Crippen molar-refractivity contribution in [3.05, 3.63) is 23.3 Å². The van der Waals surface area contributed by atoms with Crippen LogP contribution in [-0.2, 0) is 24.7 Å². The van der Waals surface area contributed by atoms with Crippen LogP contribution in [0.3, 0.4) is 0 Å². The van der Waals surface area contributed by atoms with Crippen molar-refractivity contribution in [3.8, 4) is 0 Å². The number of hydrogen-bond acceptors (Lipinski definition) is 5. The molecule has 0 bridgehead atoms. The number of aryl methyl sites for hydroxylation is 1. The van der Waals surface area contributed by atoms with Gasteiger partial charge >= 0.3 is 0 Å². The number of anilines is 1. The van der Waals surface area contributed by atoms with E-state index in [2.05, 4.69) is 5.32 Å². The Hall–Kier alpha value is -1.45. The van der Waals surface area contributed by atoms with Crippen LogP contribution >= 0.6 is 0 Å². The number of carbonyl (C=O) groups excluding carboxylic acids is 1. The average Bonchev–Trinajstić information content (AvgIpc) is 2.31. The number of nitrogens with one attached hydrogen (secondary N) is 1. The predicted octanol–water partition coefficient (Wildman–Crippen LogP) is 0.322. The molecular formula is C12H18N2O5S2. The fourth-order valence-corrected chi connectivity index (χ4v) is 2.62. The van der Waals surface area contributed by atoms with E-state index in [-0.39, 0.29) is 10.6 Å². The molecule has 0 aliphatic rings. The molecule has 9 heteroatoms. The van der Waals surface area contributed by atoms with Crippen molar-refractivity contribution < 1.29 is 21.6 Å². The van der Waals surface area contributed by atoms with Crippen LogP contribution in [0.5, 0.6) is 0 Å². The molecule has 3 N–H and O–H groups in total. The largest absolute Gasteiger partial charge is 0.325 e. The Balaban J connectivity index is 3.27. The Morgan fingerprint density at radius 1 is 1.19 bits per heavy atom. The number of rotatable bonds is 4. The predicted molar refractivity (Wildman–Crippen MR) is 80.2 cm³/mol.